The first-order chi connectivity index (χ1) is 15.0. The standard InChI is InChI=1S/C24H29N5O2/c1-17-10-16-28(18(2)19-7-5-4-6-8-19)24(31)22(17)23(30)26-21-9-13-25-29(21)20-11-14-27(3)15-12-20/h4-10,13,16,18,20H,11-12,14-15H2,1-3H3,(H,26,30). The van der Waals surface area contributed by atoms with Crippen molar-refractivity contribution in [2.24, 2.45) is 0 Å². The van der Waals surface area contributed by atoms with Gasteiger partial charge in [0.2, 0.25) is 0 Å². The maximum absolute atomic E-state index is 13.3. The molecule has 0 radical (unpaired) electrons. The van der Waals surface area contributed by atoms with Gasteiger partial charge in [-0.25, -0.2) is 4.68 Å². The Bertz CT molecular complexity index is 1110. The fraction of sp³-hybridized carbons (Fsp3) is 0.375. The summed E-state index contributed by atoms with van der Waals surface area (Å²) in [5.41, 5.74) is 1.55. The fourth-order valence-electron chi connectivity index (χ4n) is 4.24. The molecule has 1 fully saturated rings. The smallest absolute Gasteiger partial charge is 0.264 e. The van der Waals surface area contributed by atoms with E-state index in [1.165, 1.54) is 0 Å². The summed E-state index contributed by atoms with van der Waals surface area (Å²) >= 11 is 0. The lowest BCUT2D eigenvalue weighted by atomic mass is 10.1. The normalized spacial score (nSPS) is 16.2. The van der Waals surface area contributed by atoms with Gasteiger partial charge in [0, 0.05) is 12.3 Å². The zero-order chi connectivity index (χ0) is 22.0. The Morgan fingerprint density at radius 1 is 1.13 bits per heavy atom. The predicted octanol–water partition coefficient (Wildman–Crippen LogP) is 3.48. The summed E-state index contributed by atoms with van der Waals surface area (Å²) in [7, 11) is 2.11. The molecule has 1 aliphatic rings. The van der Waals surface area contributed by atoms with Crippen molar-refractivity contribution >= 4 is 11.7 Å². The zero-order valence-electron chi connectivity index (χ0n) is 18.3. The highest BCUT2D eigenvalue weighted by molar-refractivity contribution is 6.04. The molecule has 2 aromatic heterocycles. The lowest BCUT2D eigenvalue weighted by molar-refractivity contribution is 0.102. The third-order valence-corrected chi connectivity index (χ3v) is 6.20. The molecular weight excluding hydrogens is 390 g/mol. The summed E-state index contributed by atoms with van der Waals surface area (Å²) in [5.74, 6) is 0.233. The highest BCUT2D eigenvalue weighted by Gasteiger charge is 2.23. The fourth-order valence-corrected chi connectivity index (χ4v) is 4.24. The first-order valence-corrected chi connectivity index (χ1v) is 10.8. The van der Waals surface area contributed by atoms with Crippen LogP contribution >= 0.6 is 0 Å². The molecule has 7 heteroatoms. The van der Waals surface area contributed by atoms with E-state index in [1.54, 1.807) is 30.0 Å². The van der Waals surface area contributed by atoms with Gasteiger partial charge in [0.1, 0.15) is 11.4 Å². The molecule has 7 nitrogen and oxygen atoms in total. The number of rotatable bonds is 5. The number of hydrogen-bond donors (Lipinski definition) is 1. The average Bonchev–Trinajstić information content (AvgIpc) is 3.22. The van der Waals surface area contributed by atoms with Crippen LogP contribution in [0.3, 0.4) is 0 Å². The highest BCUT2D eigenvalue weighted by atomic mass is 16.2. The molecule has 31 heavy (non-hydrogen) atoms. The van der Waals surface area contributed by atoms with Crippen LogP contribution in [0.4, 0.5) is 5.82 Å². The predicted molar refractivity (Wildman–Crippen MR) is 122 cm³/mol. The molecule has 3 aromatic rings. The van der Waals surface area contributed by atoms with Crippen LogP contribution in [0.1, 0.15) is 53.3 Å². The van der Waals surface area contributed by atoms with Gasteiger partial charge in [-0.3, -0.25) is 9.59 Å². The van der Waals surface area contributed by atoms with E-state index >= 15 is 0 Å². The molecule has 0 bridgehead atoms. The van der Waals surface area contributed by atoms with Gasteiger partial charge in [-0.2, -0.15) is 5.10 Å². The van der Waals surface area contributed by atoms with E-state index < -0.39 is 5.91 Å². The summed E-state index contributed by atoms with van der Waals surface area (Å²) < 4.78 is 3.50. The molecule has 1 saturated heterocycles. The van der Waals surface area contributed by atoms with E-state index in [0.717, 1.165) is 31.5 Å². The van der Waals surface area contributed by atoms with E-state index in [2.05, 4.69) is 22.4 Å². The SMILES string of the molecule is Cc1ccn(C(C)c2ccccc2)c(=O)c1C(=O)Nc1ccnn1C1CCN(C)CC1. The second-order valence-electron chi connectivity index (χ2n) is 8.32. The number of nitrogens with one attached hydrogen (secondary N) is 1. The van der Waals surface area contributed by atoms with Crippen LogP contribution in [0.2, 0.25) is 0 Å². The number of hydrogen-bond acceptors (Lipinski definition) is 4. The summed E-state index contributed by atoms with van der Waals surface area (Å²) in [6.45, 7) is 5.75. The van der Waals surface area contributed by atoms with Crippen LogP contribution in [0.15, 0.2) is 59.7 Å². The number of amides is 1. The zero-order valence-corrected chi connectivity index (χ0v) is 18.3. The molecule has 1 N–H and O–H groups in total. The summed E-state index contributed by atoms with van der Waals surface area (Å²) in [6, 6.07) is 13.5. The van der Waals surface area contributed by atoms with Gasteiger partial charge in [-0.05, 0) is 64.0 Å². The van der Waals surface area contributed by atoms with Gasteiger partial charge in [0.05, 0.1) is 18.3 Å². The monoisotopic (exact) mass is 419 g/mol. The number of likely N-dealkylation sites (tertiary alicyclic amines) is 1. The van der Waals surface area contributed by atoms with Crippen molar-refractivity contribution in [1.29, 1.82) is 0 Å². The van der Waals surface area contributed by atoms with Crippen LogP contribution in [-0.2, 0) is 0 Å². The molecule has 0 saturated carbocycles. The molecule has 0 aliphatic carbocycles. The van der Waals surface area contributed by atoms with E-state index in [1.807, 2.05) is 48.0 Å². The van der Waals surface area contributed by atoms with Crippen molar-refractivity contribution in [1.82, 2.24) is 19.2 Å². The van der Waals surface area contributed by atoms with Gasteiger partial charge in [-0.1, -0.05) is 30.3 Å². The van der Waals surface area contributed by atoms with Crippen molar-refractivity contribution in [3.63, 3.8) is 0 Å². The maximum atomic E-state index is 13.3. The van der Waals surface area contributed by atoms with Gasteiger partial charge in [-0.15, -0.1) is 0 Å². The number of aryl methyl sites for hydroxylation is 1. The third kappa shape index (κ3) is 4.32. The third-order valence-electron chi connectivity index (χ3n) is 6.20. The van der Waals surface area contributed by atoms with E-state index in [4.69, 9.17) is 0 Å². The van der Waals surface area contributed by atoms with Crippen molar-refractivity contribution in [3.8, 4) is 0 Å². The van der Waals surface area contributed by atoms with Crippen LogP contribution in [0.5, 0.6) is 0 Å². The Morgan fingerprint density at radius 2 is 1.84 bits per heavy atom. The summed E-state index contributed by atoms with van der Waals surface area (Å²) in [4.78, 5) is 28.7. The van der Waals surface area contributed by atoms with Gasteiger partial charge in [0.25, 0.3) is 11.5 Å². The molecular formula is C24H29N5O2. The first-order valence-electron chi connectivity index (χ1n) is 10.8. The topological polar surface area (TPSA) is 72.2 Å². The van der Waals surface area contributed by atoms with Crippen molar-refractivity contribution in [2.45, 2.75) is 38.8 Å². The average molecular weight is 420 g/mol. The molecule has 4 rings (SSSR count). The number of carbonyl (C=O) groups is 1. The molecule has 1 aliphatic heterocycles. The number of nitrogens with zero attached hydrogens (tertiary/aromatic N) is 4. The van der Waals surface area contributed by atoms with Crippen LogP contribution in [0.25, 0.3) is 0 Å². The molecule has 1 atom stereocenters. The Labute approximate surface area is 182 Å². The quantitative estimate of drug-likeness (QED) is 0.687. The van der Waals surface area contributed by atoms with Crippen molar-refractivity contribution < 1.29 is 4.79 Å². The molecule has 162 valence electrons. The van der Waals surface area contributed by atoms with Crippen molar-refractivity contribution in [2.75, 3.05) is 25.5 Å². The highest BCUT2D eigenvalue weighted by Crippen LogP contribution is 2.25. The van der Waals surface area contributed by atoms with E-state index in [0.29, 0.717) is 11.4 Å². The van der Waals surface area contributed by atoms with Crippen LogP contribution in [0, 0.1) is 6.92 Å². The first kappa shape index (κ1) is 21.1. The summed E-state index contributed by atoms with van der Waals surface area (Å²) in [5, 5.41) is 7.38. The Balaban J connectivity index is 1.60. The molecule has 1 aromatic carbocycles. The Hall–Kier alpha value is -3.19. The lowest BCUT2D eigenvalue weighted by Gasteiger charge is -2.30. The van der Waals surface area contributed by atoms with Crippen molar-refractivity contribution in [3.05, 3.63) is 81.9 Å². The van der Waals surface area contributed by atoms with E-state index in [9.17, 15) is 9.59 Å². The number of aromatic nitrogens is 3. The van der Waals surface area contributed by atoms with Gasteiger partial charge in [0.15, 0.2) is 0 Å². The maximum Gasteiger partial charge on any atom is 0.264 e. The summed E-state index contributed by atoms with van der Waals surface area (Å²) in [6.07, 6.45) is 5.41. The van der Waals surface area contributed by atoms with Crippen LogP contribution < -0.4 is 10.9 Å². The number of anilines is 1. The number of carbonyl (C=O) groups excluding carboxylic acids is 1. The number of pyridine rings is 1. The number of piperidine rings is 1. The minimum Gasteiger partial charge on any atom is -0.308 e. The Morgan fingerprint density at radius 3 is 2.55 bits per heavy atom. The van der Waals surface area contributed by atoms with E-state index in [-0.39, 0.29) is 23.2 Å². The molecule has 1 unspecified atom stereocenters. The Kier molecular flexibility index (Phi) is 6.04. The second-order valence-corrected chi connectivity index (χ2v) is 8.32. The minimum atomic E-state index is -0.396. The van der Waals surface area contributed by atoms with Crippen LogP contribution in [-0.4, -0.2) is 45.3 Å². The second kappa shape index (κ2) is 8.89. The molecule has 0 spiro atoms. The van der Waals surface area contributed by atoms with Gasteiger partial charge >= 0.3 is 0 Å². The van der Waals surface area contributed by atoms with Gasteiger partial charge < -0.3 is 14.8 Å². The molecule has 1 amide bonds. The largest absolute Gasteiger partial charge is 0.308 e. The number of benzene rings is 1. The molecule has 3 heterocycles. The minimum absolute atomic E-state index is 0.168. The lowest BCUT2D eigenvalue weighted by Crippen LogP contribution is -2.34.